The van der Waals surface area contributed by atoms with Gasteiger partial charge < -0.3 is 4.74 Å². The number of hydrogen-bond acceptors (Lipinski definition) is 1. The Balaban J connectivity index is 3.38. The molecule has 1 atom stereocenters. The normalized spacial score (nSPS) is 14.8. The molecule has 1 unspecified atom stereocenters. The van der Waals surface area contributed by atoms with Crippen molar-refractivity contribution < 1.29 is 4.74 Å². The van der Waals surface area contributed by atoms with Gasteiger partial charge in [-0.15, -0.1) is 0 Å². The van der Waals surface area contributed by atoms with E-state index in [1.807, 2.05) is 21.7 Å². The van der Waals surface area contributed by atoms with E-state index in [-0.39, 0.29) is 0 Å². The van der Waals surface area contributed by atoms with Crippen LogP contribution in [0.1, 0.15) is 13.8 Å². The molecule has 9 heavy (non-hydrogen) atoms. The second-order valence-electron chi connectivity index (χ2n) is 2.97. The van der Waals surface area contributed by atoms with Gasteiger partial charge in [-0.2, -0.15) is 0 Å². The lowest BCUT2D eigenvalue weighted by Crippen LogP contribution is -2.30. The molecule has 0 aromatic rings. The fourth-order valence-electron chi connectivity index (χ4n) is 0.507. The molecule has 0 aliphatic heterocycles. The predicted molar refractivity (Wildman–Crippen MR) is 44.6 cm³/mol. The molecular formula is C6H15MgOSi. The zero-order valence-electron chi connectivity index (χ0n) is 6.85. The summed E-state index contributed by atoms with van der Waals surface area (Å²) in [6, 6.07) is 0. The highest BCUT2D eigenvalue weighted by atomic mass is 28.3. The predicted octanol–water partition coefficient (Wildman–Crippen LogP) is 0.932. The second kappa shape index (κ2) is 4.71. The molecule has 0 heterocycles. The van der Waals surface area contributed by atoms with Crippen LogP contribution in [0.3, 0.4) is 0 Å². The fourth-order valence-corrected chi connectivity index (χ4v) is 1.52. The van der Waals surface area contributed by atoms with E-state index >= 15 is 0 Å². The number of ether oxygens (including phenoxy) is 1. The van der Waals surface area contributed by atoms with Crippen LogP contribution in [-0.4, -0.2) is 40.5 Å². The highest BCUT2D eigenvalue weighted by Crippen LogP contribution is 1.97. The quantitative estimate of drug-likeness (QED) is 0.551. The van der Waals surface area contributed by atoms with E-state index < -0.39 is 8.80 Å². The van der Waals surface area contributed by atoms with E-state index in [2.05, 4.69) is 26.9 Å². The Morgan fingerprint density at radius 3 is 1.89 bits per heavy atom. The average Bonchev–Trinajstić information content (AvgIpc) is 1.63. The van der Waals surface area contributed by atoms with Gasteiger partial charge >= 0.3 is 0 Å². The van der Waals surface area contributed by atoms with Crippen LogP contribution in [0.5, 0.6) is 0 Å². The molecule has 0 rings (SSSR count). The van der Waals surface area contributed by atoms with Gasteiger partial charge in [0, 0.05) is 14.9 Å². The Bertz CT molecular complexity index is 75.5. The molecule has 1 nitrogen and oxygen atoms in total. The molecule has 0 fully saturated rings. The first kappa shape index (κ1) is 9.94. The van der Waals surface area contributed by atoms with Crippen LogP contribution in [0.2, 0.25) is 13.1 Å². The molecule has 51 valence electrons. The van der Waals surface area contributed by atoms with Gasteiger partial charge in [0.25, 0.3) is 21.7 Å². The summed E-state index contributed by atoms with van der Waals surface area (Å²) in [6.45, 7) is 8.83. The molecule has 0 amide bonds. The standard InChI is InChI=1S/C6H15OSi.Mg/c1-6(2)7-5-8(3)4;/h5-6,8H,1-4H3;. The van der Waals surface area contributed by atoms with E-state index in [0.29, 0.717) is 9.96 Å². The monoisotopic (exact) mass is 155 g/mol. The van der Waals surface area contributed by atoms with Crippen molar-refractivity contribution in [3.05, 3.63) is 0 Å². The summed E-state index contributed by atoms with van der Waals surface area (Å²) in [7, 11) is -0.531. The van der Waals surface area contributed by atoms with Gasteiger partial charge in [0.15, 0.2) is 0 Å². The van der Waals surface area contributed by atoms with Gasteiger partial charge in [-0.05, 0) is 13.8 Å². The molecule has 0 aromatic carbocycles. The first-order valence-corrected chi connectivity index (χ1v) is 7.31. The minimum absolute atomic E-state index is 0.405. The van der Waals surface area contributed by atoms with E-state index in [9.17, 15) is 0 Å². The largest absolute Gasteiger partial charge is 0.409 e. The SMILES string of the molecule is CC(C)O[CH]([Mg])[SiH](C)C. The molecule has 3 heteroatoms. The smallest absolute Gasteiger partial charge is 0.268 e. The van der Waals surface area contributed by atoms with Crippen LogP contribution in [-0.2, 0) is 4.74 Å². The molecule has 0 aliphatic rings. The van der Waals surface area contributed by atoms with Gasteiger partial charge in [0.1, 0.15) is 0 Å². The van der Waals surface area contributed by atoms with Crippen molar-refractivity contribution >= 4 is 30.5 Å². The Labute approximate surface area is 72.2 Å². The van der Waals surface area contributed by atoms with Gasteiger partial charge in [0.2, 0.25) is 0 Å². The van der Waals surface area contributed by atoms with E-state index in [0.717, 1.165) is 0 Å². The van der Waals surface area contributed by atoms with Crippen molar-refractivity contribution in [3.8, 4) is 0 Å². The lowest BCUT2D eigenvalue weighted by molar-refractivity contribution is 0.0913. The van der Waals surface area contributed by atoms with Crippen molar-refractivity contribution in [1.29, 1.82) is 0 Å². The van der Waals surface area contributed by atoms with Gasteiger partial charge in [0.05, 0.1) is 0 Å². The zero-order valence-corrected chi connectivity index (χ0v) is 9.42. The molecule has 0 aromatic heterocycles. The maximum absolute atomic E-state index is 5.59. The summed E-state index contributed by atoms with van der Waals surface area (Å²) in [4.78, 5) is 0. The summed E-state index contributed by atoms with van der Waals surface area (Å²) in [5.41, 5.74) is 0. The van der Waals surface area contributed by atoms with Crippen molar-refractivity contribution in [3.63, 3.8) is 0 Å². The maximum atomic E-state index is 5.59. The summed E-state index contributed by atoms with van der Waals surface area (Å²) >= 11 is 1.98. The maximum Gasteiger partial charge on any atom is 0.268 e. The van der Waals surface area contributed by atoms with Crippen LogP contribution in [0.25, 0.3) is 0 Å². The molecule has 0 N–H and O–H groups in total. The van der Waals surface area contributed by atoms with E-state index in [1.54, 1.807) is 0 Å². The third-order valence-electron chi connectivity index (χ3n) is 1.19. The lowest BCUT2D eigenvalue weighted by atomic mass is 10.5. The molecule has 0 aliphatic carbocycles. The number of hydrogen-bond donors (Lipinski definition) is 0. The Kier molecular flexibility index (Phi) is 5.21. The van der Waals surface area contributed by atoms with Gasteiger partial charge in [-0.3, -0.25) is 0 Å². The minimum Gasteiger partial charge on any atom is -0.409 e. The Morgan fingerprint density at radius 1 is 1.33 bits per heavy atom. The van der Waals surface area contributed by atoms with Crippen LogP contribution < -0.4 is 0 Å². The average molecular weight is 156 g/mol. The topological polar surface area (TPSA) is 9.23 Å². The van der Waals surface area contributed by atoms with Crippen molar-refractivity contribution in [2.45, 2.75) is 36.9 Å². The van der Waals surface area contributed by atoms with Gasteiger partial charge in [-0.1, -0.05) is 17.0 Å². The molecule has 0 spiro atoms. The molecular weight excluding hydrogens is 140 g/mol. The van der Waals surface area contributed by atoms with Crippen LogP contribution >= 0.6 is 0 Å². The highest BCUT2D eigenvalue weighted by Gasteiger charge is 2.06. The van der Waals surface area contributed by atoms with E-state index in [1.165, 1.54) is 0 Å². The van der Waals surface area contributed by atoms with E-state index in [4.69, 9.17) is 4.74 Å². The van der Waals surface area contributed by atoms with Crippen molar-refractivity contribution in [2.24, 2.45) is 0 Å². The Hall–Kier alpha value is 0.943. The van der Waals surface area contributed by atoms with Gasteiger partial charge in [-0.25, -0.2) is 0 Å². The molecule has 1 radical (unpaired) electrons. The molecule has 0 saturated heterocycles. The number of rotatable bonds is 3. The summed E-state index contributed by atoms with van der Waals surface area (Å²) in [5, 5.41) is 0. The van der Waals surface area contributed by atoms with Crippen LogP contribution in [0.4, 0.5) is 0 Å². The second-order valence-corrected chi connectivity index (χ2v) is 7.95. The molecule has 0 saturated carbocycles. The summed E-state index contributed by atoms with van der Waals surface area (Å²) in [5.74, 6) is 0. The van der Waals surface area contributed by atoms with Crippen LogP contribution in [0.15, 0.2) is 0 Å². The zero-order chi connectivity index (χ0) is 7.44. The third kappa shape index (κ3) is 5.39. The molecule has 0 bridgehead atoms. The first-order chi connectivity index (χ1) is 4.04. The summed E-state index contributed by atoms with van der Waals surface area (Å²) < 4.78 is 6.15. The lowest BCUT2D eigenvalue weighted by Gasteiger charge is -2.21. The van der Waals surface area contributed by atoms with Crippen LogP contribution in [0, 0.1) is 0 Å². The van der Waals surface area contributed by atoms with Crippen molar-refractivity contribution in [2.75, 3.05) is 0 Å². The van der Waals surface area contributed by atoms with Crippen molar-refractivity contribution in [1.82, 2.24) is 0 Å². The summed E-state index contributed by atoms with van der Waals surface area (Å²) in [6.07, 6.45) is 0.405. The minimum atomic E-state index is -0.531. The highest BCUT2D eigenvalue weighted by molar-refractivity contribution is 6.65. The first-order valence-electron chi connectivity index (χ1n) is 3.52. The third-order valence-corrected chi connectivity index (χ3v) is 5.86. The Morgan fingerprint density at radius 2 is 1.78 bits per heavy atom. The fraction of sp³-hybridized carbons (Fsp3) is 1.00.